The maximum absolute atomic E-state index is 12.7. The van der Waals surface area contributed by atoms with Gasteiger partial charge in [-0.05, 0) is 30.5 Å². The third kappa shape index (κ3) is 3.20. The summed E-state index contributed by atoms with van der Waals surface area (Å²) in [6.45, 7) is -0.130. The number of hydrogen-bond acceptors (Lipinski definition) is 1. The van der Waals surface area contributed by atoms with E-state index in [1.165, 1.54) is 12.1 Å². The standard InChI is InChI=1S/C10H10FOS/c11-9-4-1-3-8(7-9)10(13)5-2-6-12/h1,3-4,7H,2,5-6H2. The van der Waals surface area contributed by atoms with Crippen LogP contribution in [0.4, 0.5) is 4.39 Å². The summed E-state index contributed by atoms with van der Waals surface area (Å²) >= 11 is 5.04. The van der Waals surface area contributed by atoms with Crippen molar-refractivity contribution in [1.29, 1.82) is 0 Å². The van der Waals surface area contributed by atoms with Gasteiger partial charge in [0.05, 0.1) is 6.61 Å². The summed E-state index contributed by atoms with van der Waals surface area (Å²) in [5.41, 5.74) is 0.712. The zero-order chi connectivity index (χ0) is 9.68. The molecule has 0 N–H and O–H groups in total. The highest BCUT2D eigenvalue weighted by molar-refractivity contribution is 7.80. The minimum atomic E-state index is -0.290. The molecule has 0 atom stereocenters. The number of rotatable bonds is 4. The molecule has 69 valence electrons. The van der Waals surface area contributed by atoms with Gasteiger partial charge in [-0.15, -0.1) is 0 Å². The Bertz CT molecular complexity index is 299. The minimum Gasteiger partial charge on any atom is -0.237 e. The van der Waals surface area contributed by atoms with Crippen molar-refractivity contribution in [3.8, 4) is 0 Å². The lowest BCUT2D eigenvalue weighted by atomic mass is 10.1. The van der Waals surface area contributed by atoms with Crippen LogP contribution < -0.4 is 0 Å². The Morgan fingerprint density at radius 2 is 2.23 bits per heavy atom. The summed E-state index contributed by atoms with van der Waals surface area (Å²) < 4.78 is 12.7. The Labute approximate surface area is 82.2 Å². The lowest BCUT2D eigenvalue weighted by molar-refractivity contribution is 0.191. The van der Waals surface area contributed by atoms with Gasteiger partial charge in [-0.3, -0.25) is 0 Å². The molecule has 1 aromatic rings. The zero-order valence-corrected chi connectivity index (χ0v) is 7.94. The summed E-state index contributed by atoms with van der Waals surface area (Å²) in [6, 6.07) is 6.15. The van der Waals surface area contributed by atoms with Gasteiger partial charge in [-0.25, -0.2) is 9.50 Å². The van der Waals surface area contributed by atoms with Gasteiger partial charge in [-0.2, -0.15) is 0 Å². The minimum absolute atomic E-state index is 0.130. The molecule has 0 fully saturated rings. The van der Waals surface area contributed by atoms with Gasteiger partial charge in [0.15, 0.2) is 0 Å². The van der Waals surface area contributed by atoms with E-state index in [-0.39, 0.29) is 12.4 Å². The van der Waals surface area contributed by atoms with Crippen molar-refractivity contribution in [2.45, 2.75) is 12.8 Å². The Hall–Kier alpha value is -0.800. The second-order valence-electron chi connectivity index (χ2n) is 2.74. The van der Waals surface area contributed by atoms with Crippen LogP contribution in [0, 0.1) is 5.82 Å². The highest BCUT2D eigenvalue weighted by atomic mass is 32.1. The molecule has 13 heavy (non-hydrogen) atoms. The van der Waals surface area contributed by atoms with Crippen LogP contribution in [0.2, 0.25) is 0 Å². The van der Waals surface area contributed by atoms with E-state index in [4.69, 9.17) is 12.2 Å². The van der Waals surface area contributed by atoms with Gasteiger partial charge in [0.1, 0.15) is 5.82 Å². The van der Waals surface area contributed by atoms with E-state index in [0.717, 1.165) is 0 Å². The lowest BCUT2D eigenvalue weighted by Crippen LogP contribution is -1.98. The zero-order valence-electron chi connectivity index (χ0n) is 7.13. The van der Waals surface area contributed by atoms with E-state index in [9.17, 15) is 9.50 Å². The highest BCUT2D eigenvalue weighted by Crippen LogP contribution is 2.08. The van der Waals surface area contributed by atoms with Crippen LogP contribution in [-0.2, 0) is 5.11 Å². The van der Waals surface area contributed by atoms with Gasteiger partial charge in [-0.1, -0.05) is 24.4 Å². The van der Waals surface area contributed by atoms with E-state index in [2.05, 4.69) is 0 Å². The average molecular weight is 197 g/mol. The van der Waals surface area contributed by atoms with Crippen molar-refractivity contribution in [3.63, 3.8) is 0 Å². The largest absolute Gasteiger partial charge is 0.237 e. The quantitative estimate of drug-likeness (QED) is 0.536. The van der Waals surface area contributed by atoms with Crippen molar-refractivity contribution in [2.24, 2.45) is 0 Å². The van der Waals surface area contributed by atoms with E-state index < -0.39 is 0 Å². The smallest absolute Gasteiger partial charge is 0.123 e. The van der Waals surface area contributed by atoms with Gasteiger partial charge in [0.2, 0.25) is 0 Å². The van der Waals surface area contributed by atoms with Crippen molar-refractivity contribution >= 4 is 17.1 Å². The normalized spacial score (nSPS) is 10.0. The summed E-state index contributed by atoms with van der Waals surface area (Å²) in [6.07, 6.45) is 1.09. The Balaban J connectivity index is 2.66. The molecule has 1 aromatic carbocycles. The fourth-order valence-electron chi connectivity index (χ4n) is 1.04. The molecule has 1 radical (unpaired) electrons. The van der Waals surface area contributed by atoms with Gasteiger partial charge in [0.25, 0.3) is 0 Å². The molecule has 0 amide bonds. The lowest BCUT2D eigenvalue weighted by Gasteiger charge is -2.01. The van der Waals surface area contributed by atoms with Crippen LogP contribution >= 0.6 is 12.2 Å². The molecular formula is C10H10FOS. The Morgan fingerprint density at radius 3 is 2.85 bits per heavy atom. The monoisotopic (exact) mass is 197 g/mol. The molecule has 0 aliphatic rings. The van der Waals surface area contributed by atoms with Crippen molar-refractivity contribution in [2.75, 3.05) is 6.61 Å². The molecule has 0 aliphatic heterocycles. The van der Waals surface area contributed by atoms with Crippen molar-refractivity contribution < 1.29 is 9.50 Å². The maximum Gasteiger partial charge on any atom is 0.123 e. The number of benzene rings is 1. The molecule has 0 unspecified atom stereocenters. The van der Waals surface area contributed by atoms with E-state index in [1.807, 2.05) is 0 Å². The maximum atomic E-state index is 12.7. The third-order valence-electron chi connectivity index (χ3n) is 1.69. The number of hydrogen-bond donors (Lipinski definition) is 0. The molecule has 0 heterocycles. The summed E-state index contributed by atoms with van der Waals surface area (Å²) in [7, 11) is 0. The second kappa shape index (κ2) is 5.04. The van der Waals surface area contributed by atoms with E-state index >= 15 is 0 Å². The predicted molar refractivity (Wildman–Crippen MR) is 52.9 cm³/mol. The first-order valence-electron chi connectivity index (χ1n) is 4.11. The molecule has 0 aliphatic carbocycles. The summed E-state index contributed by atoms with van der Waals surface area (Å²) in [5, 5.41) is 10.2. The van der Waals surface area contributed by atoms with E-state index in [1.54, 1.807) is 12.1 Å². The third-order valence-corrected chi connectivity index (χ3v) is 2.13. The molecular weight excluding hydrogens is 187 g/mol. The molecule has 3 heteroatoms. The Kier molecular flexibility index (Phi) is 3.99. The van der Waals surface area contributed by atoms with Gasteiger partial charge < -0.3 is 0 Å². The number of halogens is 1. The molecule has 0 spiro atoms. The van der Waals surface area contributed by atoms with Crippen LogP contribution in [0.25, 0.3) is 0 Å². The summed E-state index contributed by atoms with van der Waals surface area (Å²) in [4.78, 5) is 0.662. The van der Waals surface area contributed by atoms with E-state index in [0.29, 0.717) is 23.3 Å². The van der Waals surface area contributed by atoms with Crippen LogP contribution in [-0.4, -0.2) is 11.5 Å². The van der Waals surface area contributed by atoms with Gasteiger partial charge in [0, 0.05) is 4.86 Å². The molecule has 1 rings (SSSR count). The van der Waals surface area contributed by atoms with Gasteiger partial charge >= 0.3 is 0 Å². The molecule has 1 nitrogen and oxygen atoms in total. The molecule has 0 aromatic heterocycles. The van der Waals surface area contributed by atoms with Crippen molar-refractivity contribution in [1.82, 2.24) is 0 Å². The Morgan fingerprint density at radius 1 is 1.46 bits per heavy atom. The van der Waals surface area contributed by atoms with Crippen LogP contribution in [0.1, 0.15) is 18.4 Å². The topological polar surface area (TPSA) is 19.9 Å². The predicted octanol–water partition coefficient (Wildman–Crippen LogP) is 2.75. The van der Waals surface area contributed by atoms with Crippen LogP contribution in [0.3, 0.4) is 0 Å². The number of thiocarbonyl (C=S) groups is 1. The average Bonchev–Trinajstić information content (AvgIpc) is 2.14. The molecule has 0 bridgehead atoms. The van der Waals surface area contributed by atoms with Crippen molar-refractivity contribution in [3.05, 3.63) is 35.6 Å². The SMILES string of the molecule is [O]CCCC(=S)c1cccc(F)c1. The van der Waals surface area contributed by atoms with Crippen LogP contribution in [0.15, 0.2) is 24.3 Å². The summed E-state index contributed by atoms with van der Waals surface area (Å²) in [5.74, 6) is -0.290. The van der Waals surface area contributed by atoms with Crippen LogP contribution in [0.5, 0.6) is 0 Å². The highest BCUT2D eigenvalue weighted by Gasteiger charge is 2.01. The first kappa shape index (κ1) is 10.3. The first-order chi connectivity index (χ1) is 6.24. The fraction of sp³-hybridized carbons (Fsp3) is 0.300. The molecule has 0 saturated heterocycles. The second-order valence-corrected chi connectivity index (χ2v) is 3.23. The molecule has 0 saturated carbocycles. The first-order valence-corrected chi connectivity index (χ1v) is 4.51. The fourth-order valence-corrected chi connectivity index (χ4v) is 1.31.